The molecule has 1 spiro atoms. The van der Waals surface area contributed by atoms with Crippen LogP contribution in [-0.4, -0.2) is 46.6 Å². The van der Waals surface area contributed by atoms with E-state index in [1.807, 2.05) is 41.3 Å². The number of ether oxygens (including phenoxy) is 1. The Hall–Kier alpha value is -2.53. The van der Waals surface area contributed by atoms with Crippen LogP contribution in [0, 0.1) is 5.92 Å². The van der Waals surface area contributed by atoms with Gasteiger partial charge in [0.15, 0.2) is 0 Å². The molecule has 0 aromatic heterocycles. The Bertz CT molecular complexity index is 914. The Morgan fingerprint density at radius 1 is 1.21 bits per heavy atom. The average Bonchev–Trinajstić information content (AvgIpc) is 3.33. The molecule has 28 heavy (non-hydrogen) atoms. The third kappa shape index (κ3) is 2.46. The summed E-state index contributed by atoms with van der Waals surface area (Å²) < 4.78 is 5.48. The molecule has 0 bridgehead atoms. The molecule has 5 heteroatoms. The minimum atomic E-state index is -0.363. The maximum Gasteiger partial charge on any atom is 0.243 e. The standard InChI is InChI=1S/C23H26N2O3/c1-28-21-9-3-2-6-17(21)14-24-15-18-13-20(16-7-4-8-19(26)12-16)25-11-5-10-23(18,25)22(24)27/h2-4,6-9,12,18,20,26H,5,10-11,13-15H2,1H3/t18-,20-,23-/m0/s1. The van der Waals surface area contributed by atoms with Gasteiger partial charge in [-0.3, -0.25) is 9.69 Å². The number of amides is 1. The van der Waals surface area contributed by atoms with Gasteiger partial charge >= 0.3 is 0 Å². The first kappa shape index (κ1) is 17.6. The highest BCUT2D eigenvalue weighted by Crippen LogP contribution is 2.56. The number of phenolic OH excluding ortho intramolecular Hbond substituents is 1. The zero-order chi connectivity index (χ0) is 19.3. The number of carbonyl (C=O) groups is 1. The monoisotopic (exact) mass is 378 g/mol. The van der Waals surface area contributed by atoms with Crippen molar-refractivity contribution < 1.29 is 14.6 Å². The van der Waals surface area contributed by atoms with Crippen molar-refractivity contribution in [2.75, 3.05) is 20.2 Å². The Kier molecular flexibility index (Phi) is 4.09. The minimum absolute atomic E-state index is 0.219. The van der Waals surface area contributed by atoms with Crippen molar-refractivity contribution in [3.8, 4) is 11.5 Å². The summed E-state index contributed by atoms with van der Waals surface area (Å²) in [6.45, 7) is 2.35. The highest BCUT2D eigenvalue weighted by atomic mass is 16.5. The van der Waals surface area contributed by atoms with Gasteiger partial charge in [0.25, 0.3) is 0 Å². The number of rotatable bonds is 4. The Balaban J connectivity index is 1.43. The van der Waals surface area contributed by atoms with Crippen molar-refractivity contribution >= 4 is 5.91 Å². The molecule has 1 amide bonds. The summed E-state index contributed by atoms with van der Waals surface area (Å²) in [5.74, 6) is 1.74. The van der Waals surface area contributed by atoms with Gasteiger partial charge in [-0.1, -0.05) is 30.3 Å². The molecule has 0 radical (unpaired) electrons. The molecule has 3 saturated heterocycles. The number of phenols is 1. The Morgan fingerprint density at radius 3 is 2.89 bits per heavy atom. The lowest BCUT2D eigenvalue weighted by Crippen LogP contribution is -2.49. The quantitative estimate of drug-likeness (QED) is 0.887. The largest absolute Gasteiger partial charge is 0.508 e. The van der Waals surface area contributed by atoms with E-state index in [2.05, 4.69) is 11.0 Å². The van der Waals surface area contributed by atoms with E-state index in [-0.39, 0.29) is 17.5 Å². The van der Waals surface area contributed by atoms with E-state index in [1.165, 1.54) is 0 Å². The summed E-state index contributed by atoms with van der Waals surface area (Å²) in [5, 5.41) is 9.92. The van der Waals surface area contributed by atoms with Gasteiger partial charge in [0.2, 0.25) is 5.91 Å². The summed E-state index contributed by atoms with van der Waals surface area (Å²) in [7, 11) is 1.68. The molecule has 3 aliphatic rings. The molecular weight excluding hydrogens is 352 g/mol. The molecule has 2 aromatic carbocycles. The van der Waals surface area contributed by atoms with E-state index in [4.69, 9.17) is 4.74 Å². The maximum atomic E-state index is 13.6. The first-order chi connectivity index (χ1) is 13.6. The van der Waals surface area contributed by atoms with E-state index >= 15 is 0 Å². The normalized spacial score (nSPS) is 29.2. The van der Waals surface area contributed by atoms with Crippen molar-refractivity contribution in [3.05, 3.63) is 59.7 Å². The number of hydrogen-bond acceptors (Lipinski definition) is 4. The van der Waals surface area contributed by atoms with Crippen LogP contribution in [0.15, 0.2) is 48.5 Å². The zero-order valence-corrected chi connectivity index (χ0v) is 16.2. The highest BCUT2D eigenvalue weighted by Gasteiger charge is 2.65. The lowest BCUT2D eigenvalue weighted by molar-refractivity contribution is -0.137. The van der Waals surface area contributed by atoms with Gasteiger partial charge < -0.3 is 14.7 Å². The third-order valence-corrected chi connectivity index (χ3v) is 6.94. The molecule has 146 valence electrons. The van der Waals surface area contributed by atoms with E-state index in [9.17, 15) is 9.90 Å². The van der Waals surface area contributed by atoms with Crippen LogP contribution in [-0.2, 0) is 11.3 Å². The number of likely N-dealkylation sites (tertiary alicyclic amines) is 1. The van der Waals surface area contributed by atoms with E-state index in [0.717, 1.165) is 49.2 Å². The van der Waals surface area contributed by atoms with Gasteiger partial charge in [-0.15, -0.1) is 0 Å². The van der Waals surface area contributed by atoms with Crippen molar-refractivity contribution in [1.82, 2.24) is 9.80 Å². The van der Waals surface area contributed by atoms with Crippen molar-refractivity contribution in [3.63, 3.8) is 0 Å². The second-order valence-corrected chi connectivity index (χ2v) is 8.26. The smallest absolute Gasteiger partial charge is 0.243 e. The van der Waals surface area contributed by atoms with Gasteiger partial charge in [0, 0.05) is 30.6 Å². The van der Waals surface area contributed by atoms with E-state index in [1.54, 1.807) is 13.2 Å². The molecule has 3 aliphatic heterocycles. The van der Waals surface area contributed by atoms with Crippen molar-refractivity contribution in [2.24, 2.45) is 5.92 Å². The third-order valence-electron chi connectivity index (χ3n) is 6.94. The topological polar surface area (TPSA) is 53.0 Å². The SMILES string of the molecule is COc1ccccc1CN1C[C@@H]2C[C@@H](c3cccc(O)c3)N3CCC[C@@]23C1=O. The van der Waals surface area contributed by atoms with Crippen LogP contribution >= 0.6 is 0 Å². The fourth-order valence-electron chi connectivity index (χ4n) is 5.80. The molecule has 2 aromatic rings. The molecule has 5 nitrogen and oxygen atoms in total. The number of para-hydroxylation sites is 1. The summed E-state index contributed by atoms with van der Waals surface area (Å²) in [5.41, 5.74) is 1.82. The van der Waals surface area contributed by atoms with Crippen LogP contribution in [0.5, 0.6) is 11.5 Å². The number of methoxy groups -OCH3 is 1. The second-order valence-electron chi connectivity index (χ2n) is 8.26. The first-order valence-corrected chi connectivity index (χ1v) is 10.1. The molecule has 5 rings (SSSR count). The molecular formula is C23H26N2O3. The molecule has 3 heterocycles. The fraction of sp³-hybridized carbons (Fsp3) is 0.435. The molecule has 3 atom stereocenters. The molecule has 1 N–H and O–H groups in total. The van der Waals surface area contributed by atoms with Gasteiger partial charge in [0.1, 0.15) is 17.0 Å². The van der Waals surface area contributed by atoms with Crippen LogP contribution < -0.4 is 4.74 Å². The summed E-state index contributed by atoms with van der Waals surface area (Å²) >= 11 is 0. The lowest BCUT2D eigenvalue weighted by Gasteiger charge is -2.33. The van der Waals surface area contributed by atoms with Gasteiger partial charge in [0.05, 0.1) is 7.11 Å². The van der Waals surface area contributed by atoms with Crippen LogP contribution in [0.1, 0.15) is 36.4 Å². The predicted molar refractivity (Wildman–Crippen MR) is 106 cm³/mol. The Labute approximate surface area is 165 Å². The summed E-state index contributed by atoms with van der Waals surface area (Å²) in [4.78, 5) is 18.1. The number of aromatic hydroxyl groups is 1. The number of hydrogen-bond donors (Lipinski definition) is 1. The molecule has 0 unspecified atom stereocenters. The molecule has 0 aliphatic carbocycles. The molecule has 3 fully saturated rings. The van der Waals surface area contributed by atoms with Crippen LogP contribution in [0.3, 0.4) is 0 Å². The molecule has 0 saturated carbocycles. The van der Waals surface area contributed by atoms with Gasteiger partial charge in [-0.25, -0.2) is 0 Å². The number of benzene rings is 2. The van der Waals surface area contributed by atoms with Crippen molar-refractivity contribution in [2.45, 2.75) is 37.4 Å². The van der Waals surface area contributed by atoms with Crippen LogP contribution in [0.4, 0.5) is 0 Å². The van der Waals surface area contributed by atoms with Gasteiger partial charge in [-0.2, -0.15) is 0 Å². The minimum Gasteiger partial charge on any atom is -0.508 e. The van der Waals surface area contributed by atoms with Crippen molar-refractivity contribution in [1.29, 1.82) is 0 Å². The van der Waals surface area contributed by atoms with Crippen LogP contribution in [0.25, 0.3) is 0 Å². The zero-order valence-electron chi connectivity index (χ0n) is 16.2. The second kappa shape index (κ2) is 6.52. The van der Waals surface area contributed by atoms with E-state index in [0.29, 0.717) is 18.2 Å². The highest BCUT2D eigenvalue weighted by molar-refractivity contribution is 5.90. The summed E-state index contributed by atoms with van der Waals surface area (Å²) in [6.07, 6.45) is 2.96. The first-order valence-electron chi connectivity index (χ1n) is 10.1. The predicted octanol–water partition coefficient (Wildman–Crippen LogP) is 3.34. The summed E-state index contributed by atoms with van der Waals surface area (Å²) in [6, 6.07) is 15.7. The van der Waals surface area contributed by atoms with E-state index < -0.39 is 0 Å². The lowest BCUT2D eigenvalue weighted by atomic mass is 9.85. The Morgan fingerprint density at radius 2 is 2.07 bits per heavy atom. The number of nitrogens with zero attached hydrogens (tertiary/aromatic N) is 2. The fourth-order valence-corrected chi connectivity index (χ4v) is 5.80. The van der Waals surface area contributed by atoms with Crippen LogP contribution in [0.2, 0.25) is 0 Å². The number of carbonyl (C=O) groups excluding carboxylic acids is 1. The van der Waals surface area contributed by atoms with Gasteiger partial charge in [-0.05, 0) is 49.6 Å². The maximum absolute atomic E-state index is 13.6. The average molecular weight is 378 g/mol.